The van der Waals surface area contributed by atoms with E-state index in [1.165, 1.54) is 0 Å². The Kier molecular flexibility index (Phi) is 3.34. The Bertz CT molecular complexity index is 260. The monoisotopic (exact) mass is 223 g/mol. The Morgan fingerprint density at radius 2 is 1.67 bits per heavy atom. The minimum atomic E-state index is -5.33. The SMILES string of the molecule is O=[N+]([O-])OP(=O)(O)OP(=O)(O)O. The number of hydrogen-bond donors (Lipinski definition) is 3. The van der Waals surface area contributed by atoms with Gasteiger partial charge in [-0.15, -0.1) is 10.1 Å². The smallest absolute Gasteiger partial charge is 0.304 e. The van der Waals surface area contributed by atoms with E-state index in [9.17, 15) is 19.2 Å². The molecule has 0 aliphatic carbocycles. The summed E-state index contributed by atoms with van der Waals surface area (Å²) in [6.45, 7) is 0. The zero-order valence-electron chi connectivity index (χ0n) is 5.13. The molecule has 12 heteroatoms. The van der Waals surface area contributed by atoms with Crippen LogP contribution in [0.1, 0.15) is 0 Å². The largest absolute Gasteiger partial charge is 0.512 e. The Morgan fingerprint density at radius 1 is 1.25 bits per heavy atom. The molecule has 1 unspecified atom stereocenters. The standard InChI is InChI=1S/H3NO9P2/c2-1(3)9-12(7,8)10-11(4,5)6/h(H,7,8)(H2,4,5,6). The molecule has 0 spiro atoms. The molecule has 0 aromatic heterocycles. The van der Waals surface area contributed by atoms with Gasteiger partial charge in [0.2, 0.25) is 0 Å². The van der Waals surface area contributed by atoms with Gasteiger partial charge in [-0.05, 0) is 0 Å². The third kappa shape index (κ3) is 6.23. The van der Waals surface area contributed by atoms with Crippen LogP contribution in [-0.4, -0.2) is 19.8 Å². The summed E-state index contributed by atoms with van der Waals surface area (Å²) in [5.74, 6) is 0. The van der Waals surface area contributed by atoms with Crippen LogP contribution in [0.15, 0.2) is 0 Å². The topological polar surface area (TPSA) is 156 Å². The van der Waals surface area contributed by atoms with Gasteiger partial charge in [-0.2, -0.15) is 8.94 Å². The number of rotatable bonds is 4. The second-order valence-corrected chi connectivity index (χ2v) is 4.08. The van der Waals surface area contributed by atoms with Crippen molar-refractivity contribution < 1.29 is 37.8 Å². The maximum absolute atomic E-state index is 10.2. The summed E-state index contributed by atoms with van der Waals surface area (Å²) >= 11 is 0. The van der Waals surface area contributed by atoms with E-state index >= 15 is 0 Å². The lowest BCUT2D eigenvalue weighted by atomic mass is 13.1. The maximum atomic E-state index is 10.2. The van der Waals surface area contributed by atoms with Gasteiger partial charge in [0.15, 0.2) is 0 Å². The fourth-order valence-electron chi connectivity index (χ4n) is 0.234. The van der Waals surface area contributed by atoms with Crippen LogP contribution in [0.25, 0.3) is 0 Å². The van der Waals surface area contributed by atoms with Crippen LogP contribution >= 0.6 is 15.6 Å². The minimum absolute atomic E-state index is 1.71. The van der Waals surface area contributed by atoms with Crippen LogP contribution < -0.4 is 0 Å². The molecule has 0 rings (SSSR count). The van der Waals surface area contributed by atoms with Gasteiger partial charge >= 0.3 is 20.7 Å². The van der Waals surface area contributed by atoms with Crippen LogP contribution in [0.2, 0.25) is 0 Å². The van der Waals surface area contributed by atoms with E-state index in [4.69, 9.17) is 14.7 Å². The average Bonchev–Trinajstić information content (AvgIpc) is 1.48. The first kappa shape index (κ1) is 11.5. The fourth-order valence-corrected chi connectivity index (χ4v) is 1.60. The summed E-state index contributed by atoms with van der Waals surface area (Å²) in [5, 5.41) is 7.71. The van der Waals surface area contributed by atoms with Crippen LogP contribution in [0, 0.1) is 10.1 Å². The molecule has 0 saturated carbocycles. The van der Waals surface area contributed by atoms with E-state index in [-0.39, 0.29) is 0 Å². The van der Waals surface area contributed by atoms with Crippen LogP contribution in [0.4, 0.5) is 0 Å². The summed E-state index contributed by atoms with van der Waals surface area (Å²) in [5.41, 5.74) is 0. The van der Waals surface area contributed by atoms with Crippen molar-refractivity contribution in [2.24, 2.45) is 0 Å². The zero-order chi connectivity index (χ0) is 9.99. The summed E-state index contributed by atoms with van der Waals surface area (Å²) in [4.78, 5) is 33.5. The molecule has 1 atom stereocenters. The molecule has 0 radical (unpaired) electrons. The molecule has 72 valence electrons. The normalized spacial score (nSPS) is 16.6. The molecule has 0 bridgehead atoms. The quantitative estimate of drug-likeness (QED) is 0.321. The molecule has 0 heterocycles. The molecule has 0 saturated heterocycles. The Morgan fingerprint density at radius 3 is 1.92 bits per heavy atom. The van der Waals surface area contributed by atoms with Crippen molar-refractivity contribution in [2.45, 2.75) is 0 Å². The van der Waals surface area contributed by atoms with Gasteiger partial charge < -0.3 is 14.7 Å². The van der Waals surface area contributed by atoms with Gasteiger partial charge in [-0.1, -0.05) is 0 Å². The highest BCUT2D eigenvalue weighted by molar-refractivity contribution is 7.60. The molecule has 0 aromatic carbocycles. The first-order chi connectivity index (χ1) is 5.12. The van der Waals surface area contributed by atoms with Crippen molar-refractivity contribution in [2.75, 3.05) is 0 Å². The lowest BCUT2D eigenvalue weighted by Crippen LogP contribution is -2.00. The molecule has 0 aliphatic rings. The predicted octanol–water partition coefficient (Wildman–Crippen LogP) is -0.596. The van der Waals surface area contributed by atoms with Crippen molar-refractivity contribution in [1.82, 2.24) is 0 Å². The van der Waals surface area contributed by atoms with Gasteiger partial charge in [0.25, 0.3) is 0 Å². The van der Waals surface area contributed by atoms with E-state index in [1.54, 1.807) is 0 Å². The highest BCUT2D eigenvalue weighted by Crippen LogP contribution is 2.57. The van der Waals surface area contributed by atoms with Crippen molar-refractivity contribution in [3.05, 3.63) is 10.1 Å². The predicted molar refractivity (Wildman–Crippen MR) is 31.0 cm³/mol. The summed E-state index contributed by atoms with van der Waals surface area (Å²) in [6.07, 6.45) is 0. The van der Waals surface area contributed by atoms with E-state index in [1.807, 2.05) is 0 Å². The van der Waals surface area contributed by atoms with Gasteiger partial charge in [-0.25, -0.2) is 9.13 Å². The highest BCUT2D eigenvalue weighted by Gasteiger charge is 2.34. The molecule has 0 aromatic rings. The number of nitrogens with zero attached hydrogens (tertiary/aromatic N) is 1. The Balaban J connectivity index is 4.35. The molecule has 0 fully saturated rings. The highest BCUT2D eigenvalue weighted by atomic mass is 31.3. The molecule has 0 amide bonds. The van der Waals surface area contributed by atoms with Crippen molar-refractivity contribution >= 4 is 15.6 Å². The van der Waals surface area contributed by atoms with Gasteiger partial charge in [0.05, 0.1) is 0 Å². The molecular formula is H3NO9P2. The molecule has 3 N–H and O–H groups in total. The lowest BCUT2D eigenvalue weighted by molar-refractivity contribution is -0.717. The van der Waals surface area contributed by atoms with Crippen LogP contribution in [0.3, 0.4) is 0 Å². The maximum Gasteiger partial charge on any atom is 0.512 e. The van der Waals surface area contributed by atoms with E-state index in [0.29, 0.717) is 0 Å². The van der Waals surface area contributed by atoms with Crippen molar-refractivity contribution in [1.29, 1.82) is 0 Å². The van der Waals surface area contributed by atoms with Gasteiger partial charge in [0.1, 0.15) is 0 Å². The average molecular weight is 223 g/mol. The number of hydrogen-bond acceptors (Lipinski definition) is 6. The number of phosphoric acid groups is 2. The zero-order valence-corrected chi connectivity index (χ0v) is 6.92. The first-order valence-electron chi connectivity index (χ1n) is 2.06. The van der Waals surface area contributed by atoms with E-state index in [0.717, 1.165) is 0 Å². The summed E-state index contributed by atoms with van der Waals surface area (Å²) in [6, 6.07) is 0. The second kappa shape index (κ2) is 3.48. The fraction of sp³-hybridized carbons (Fsp3) is 0. The van der Waals surface area contributed by atoms with E-state index < -0.39 is 20.7 Å². The molecule has 10 nitrogen and oxygen atoms in total. The van der Waals surface area contributed by atoms with Crippen LogP contribution in [-0.2, 0) is 18.1 Å². The third-order valence-electron chi connectivity index (χ3n) is 0.379. The minimum Gasteiger partial charge on any atom is -0.304 e. The third-order valence-corrected chi connectivity index (χ3v) is 2.40. The van der Waals surface area contributed by atoms with Gasteiger partial charge in [0, 0.05) is 0 Å². The second-order valence-electron chi connectivity index (χ2n) is 1.35. The van der Waals surface area contributed by atoms with Crippen molar-refractivity contribution in [3.8, 4) is 0 Å². The molecular weight excluding hydrogens is 220 g/mol. The van der Waals surface area contributed by atoms with Crippen LogP contribution in [0.5, 0.6) is 0 Å². The Labute approximate surface area is 64.7 Å². The molecule has 12 heavy (non-hydrogen) atoms. The van der Waals surface area contributed by atoms with Crippen molar-refractivity contribution in [3.63, 3.8) is 0 Å². The lowest BCUT2D eigenvalue weighted by Gasteiger charge is -2.08. The summed E-state index contributed by atoms with van der Waals surface area (Å²) < 4.78 is 26.1. The first-order valence-corrected chi connectivity index (χ1v) is 5.09. The summed E-state index contributed by atoms with van der Waals surface area (Å²) in [7, 11) is -10.6. The van der Waals surface area contributed by atoms with E-state index in [2.05, 4.69) is 8.94 Å². The Hall–Kier alpha value is -0.500. The molecule has 0 aliphatic heterocycles. The van der Waals surface area contributed by atoms with Gasteiger partial charge in [-0.3, -0.25) is 0 Å².